The van der Waals surface area contributed by atoms with Crippen molar-refractivity contribution in [1.82, 2.24) is 10.2 Å². The van der Waals surface area contributed by atoms with Crippen LogP contribution in [0.3, 0.4) is 0 Å². The van der Waals surface area contributed by atoms with Gasteiger partial charge in [-0.1, -0.05) is 12.1 Å². The van der Waals surface area contributed by atoms with Crippen LogP contribution >= 0.6 is 22.6 Å². The van der Waals surface area contributed by atoms with Crippen molar-refractivity contribution in [3.63, 3.8) is 0 Å². The number of nitrogens with zero attached hydrogens (tertiary/aromatic N) is 1. The highest BCUT2D eigenvalue weighted by molar-refractivity contribution is 14.1. The van der Waals surface area contributed by atoms with E-state index in [9.17, 15) is 4.79 Å². The molecule has 1 aromatic rings. The van der Waals surface area contributed by atoms with Crippen LogP contribution in [0, 0.1) is 3.57 Å². The highest BCUT2D eigenvalue weighted by atomic mass is 127. The number of halogens is 1. The van der Waals surface area contributed by atoms with E-state index in [1.807, 2.05) is 18.7 Å². The Labute approximate surface area is 123 Å². The van der Waals surface area contributed by atoms with Gasteiger partial charge in [-0.15, -0.1) is 0 Å². The number of carbonyl (C=O) groups is 1. The number of nitrogens with one attached hydrogen (secondary N) is 1. The monoisotopic (exact) mass is 360 g/mol. The third kappa shape index (κ3) is 5.35. The Morgan fingerprint density at radius 1 is 1.22 bits per heavy atom. The van der Waals surface area contributed by atoms with Gasteiger partial charge in [-0.25, -0.2) is 0 Å². The third-order valence-corrected chi connectivity index (χ3v) is 3.59. The lowest BCUT2D eigenvalue weighted by Crippen LogP contribution is -2.32. The van der Waals surface area contributed by atoms with Gasteiger partial charge in [0.05, 0.1) is 0 Å². The summed E-state index contributed by atoms with van der Waals surface area (Å²) in [7, 11) is 0. The highest BCUT2D eigenvalue weighted by Gasteiger charge is 2.07. The Morgan fingerprint density at radius 3 is 2.39 bits per heavy atom. The molecule has 0 aliphatic heterocycles. The van der Waals surface area contributed by atoms with E-state index in [4.69, 9.17) is 0 Å². The maximum Gasteiger partial charge on any atom is 0.223 e. The van der Waals surface area contributed by atoms with E-state index in [1.165, 1.54) is 9.13 Å². The first-order chi connectivity index (χ1) is 8.67. The molecule has 3 nitrogen and oxygen atoms in total. The molecular formula is C14H21IN2O. The number of hydrogen-bond donors (Lipinski definition) is 1. The molecule has 0 heterocycles. The van der Waals surface area contributed by atoms with Crippen molar-refractivity contribution in [2.75, 3.05) is 19.6 Å². The number of amides is 1. The van der Waals surface area contributed by atoms with Crippen LogP contribution in [0.1, 0.15) is 25.8 Å². The van der Waals surface area contributed by atoms with E-state index >= 15 is 0 Å². The fourth-order valence-electron chi connectivity index (χ4n) is 1.76. The maximum atomic E-state index is 11.7. The second-order valence-corrected chi connectivity index (χ2v) is 5.36. The van der Waals surface area contributed by atoms with Crippen LogP contribution in [0.25, 0.3) is 0 Å². The van der Waals surface area contributed by atoms with Gasteiger partial charge in [0.15, 0.2) is 0 Å². The lowest BCUT2D eigenvalue weighted by molar-refractivity contribution is -0.130. The van der Waals surface area contributed by atoms with Crippen molar-refractivity contribution in [2.45, 2.75) is 26.8 Å². The molecule has 0 spiro atoms. The summed E-state index contributed by atoms with van der Waals surface area (Å²) in [5.41, 5.74) is 1.26. The van der Waals surface area contributed by atoms with Crippen molar-refractivity contribution in [3.8, 4) is 0 Å². The van der Waals surface area contributed by atoms with Gasteiger partial charge in [-0.05, 0) is 54.1 Å². The van der Waals surface area contributed by atoms with Gasteiger partial charge in [0.2, 0.25) is 5.91 Å². The first kappa shape index (κ1) is 15.4. The van der Waals surface area contributed by atoms with Gasteiger partial charge in [-0.2, -0.15) is 0 Å². The highest BCUT2D eigenvalue weighted by Crippen LogP contribution is 2.06. The molecule has 100 valence electrons. The maximum absolute atomic E-state index is 11.7. The molecule has 0 aromatic heterocycles. The Bertz CT molecular complexity index is 361. The van der Waals surface area contributed by atoms with Gasteiger partial charge in [0.25, 0.3) is 0 Å². The minimum absolute atomic E-state index is 0.232. The molecule has 0 fully saturated rings. The van der Waals surface area contributed by atoms with E-state index in [1.54, 1.807) is 0 Å². The average Bonchev–Trinajstić information content (AvgIpc) is 2.38. The molecule has 1 aromatic carbocycles. The van der Waals surface area contributed by atoms with Crippen molar-refractivity contribution in [2.24, 2.45) is 0 Å². The lowest BCUT2D eigenvalue weighted by Gasteiger charge is -2.18. The minimum atomic E-state index is 0.232. The minimum Gasteiger partial charge on any atom is -0.343 e. The molecule has 0 saturated heterocycles. The van der Waals surface area contributed by atoms with Gasteiger partial charge >= 0.3 is 0 Å². The van der Waals surface area contributed by atoms with Crippen LogP contribution in [-0.2, 0) is 11.3 Å². The van der Waals surface area contributed by atoms with E-state index in [2.05, 4.69) is 52.2 Å². The molecule has 1 N–H and O–H groups in total. The molecule has 1 amide bonds. The van der Waals surface area contributed by atoms with Crippen LogP contribution in [0.15, 0.2) is 24.3 Å². The second kappa shape index (κ2) is 8.48. The fourth-order valence-corrected chi connectivity index (χ4v) is 2.12. The van der Waals surface area contributed by atoms with Crippen molar-refractivity contribution >= 4 is 28.5 Å². The van der Waals surface area contributed by atoms with Gasteiger partial charge in [0.1, 0.15) is 0 Å². The first-order valence-electron chi connectivity index (χ1n) is 6.40. The Balaban J connectivity index is 2.22. The fraction of sp³-hybridized carbons (Fsp3) is 0.500. The molecule has 0 aliphatic carbocycles. The number of rotatable bonds is 7. The van der Waals surface area contributed by atoms with Crippen LogP contribution in [0.5, 0.6) is 0 Å². The molecule has 18 heavy (non-hydrogen) atoms. The van der Waals surface area contributed by atoms with E-state index in [0.29, 0.717) is 6.42 Å². The molecular weight excluding hydrogens is 339 g/mol. The summed E-state index contributed by atoms with van der Waals surface area (Å²) in [6.07, 6.45) is 0.575. The quantitative estimate of drug-likeness (QED) is 0.599. The third-order valence-electron chi connectivity index (χ3n) is 2.87. The van der Waals surface area contributed by atoms with Gasteiger partial charge < -0.3 is 10.2 Å². The van der Waals surface area contributed by atoms with E-state index < -0.39 is 0 Å². The van der Waals surface area contributed by atoms with Gasteiger partial charge in [-0.3, -0.25) is 4.79 Å². The summed E-state index contributed by atoms with van der Waals surface area (Å²) >= 11 is 2.30. The summed E-state index contributed by atoms with van der Waals surface area (Å²) in [5, 5.41) is 3.31. The number of hydrogen-bond acceptors (Lipinski definition) is 2. The zero-order valence-corrected chi connectivity index (χ0v) is 13.2. The summed E-state index contributed by atoms with van der Waals surface area (Å²) in [5.74, 6) is 0.232. The molecule has 4 heteroatoms. The zero-order valence-electron chi connectivity index (χ0n) is 11.1. The summed E-state index contributed by atoms with van der Waals surface area (Å²) in [6.45, 7) is 7.18. The molecule has 0 saturated carbocycles. The van der Waals surface area contributed by atoms with Crippen molar-refractivity contribution < 1.29 is 4.79 Å². The molecule has 0 bridgehead atoms. The average molecular weight is 360 g/mol. The molecule has 0 aliphatic rings. The molecule has 0 atom stereocenters. The van der Waals surface area contributed by atoms with Gasteiger partial charge in [0, 0.05) is 36.2 Å². The van der Waals surface area contributed by atoms with E-state index in [-0.39, 0.29) is 5.91 Å². The number of benzene rings is 1. The van der Waals surface area contributed by atoms with Crippen LogP contribution in [0.4, 0.5) is 0 Å². The zero-order chi connectivity index (χ0) is 13.4. The van der Waals surface area contributed by atoms with E-state index in [0.717, 1.165) is 26.2 Å². The number of carbonyl (C=O) groups excluding carboxylic acids is 1. The predicted molar refractivity (Wildman–Crippen MR) is 83.4 cm³/mol. The normalized spacial score (nSPS) is 10.4. The Kier molecular flexibility index (Phi) is 7.27. The molecule has 0 unspecified atom stereocenters. The molecule has 0 radical (unpaired) electrons. The van der Waals surface area contributed by atoms with Crippen LogP contribution in [0.2, 0.25) is 0 Å². The smallest absolute Gasteiger partial charge is 0.223 e. The predicted octanol–water partition coefficient (Wildman–Crippen LogP) is 2.64. The summed E-state index contributed by atoms with van der Waals surface area (Å²) in [6, 6.07) is 8.42. The lowest BCUT2D eigenvalue weighted by atomic mass is 10.2. The second-order valence-electron chi connectivity index (χ2n) is 4.12. The van der Waals surface area contributed by atoms with Crippen LogP contribution in [-0.4, -0.2) is 30.4 Å². The Hall–Kier alpha value is -0.620. The summed E-state index contributed by atoms with van der Waals surface area (Å²) in [4.78, 5) is 13.6. The largest absolute Gasteiger partial charge is 0.343 e. The molecule has 1 rings (SSSR count). The summed E-state index contributed by atoms with van der Waals surface area (Å²) < 4.78 is 1.24. The SMILES string of the molecule is CCN(CC)C(=O)CCNCc1ccc(I)cc1. The van der Waals surface area contributed by atoms with Crippen molar-refractivity contribution in [3.05, 3.63) is 33.4 Å². The standard InChI is InChI=1S/C14H21IN2O/c1-3-17(4-2)14(18)9-10-16-11-12-5-7-13(15)8-6-12/h5-8,16H,3-4,9-11H2,1-2H3. The first-order valence-corrected chi connectivity index (χ1v) is 7.48. The Morgan fingerprint density at radius 2 is 1.83 bits per heavy atom. The van der Waals surface area contributed by atoms with Crippen LogP contribution < -0.4 is 5.32 Å². The topological polar surface area (TPSA) is 32.3 Å². The van der Waals surface area contributed by atoms with Crippen molar-refractivity contribution in [1.29, 1.82) is 0 Å².